The third-order valence-electron chi connectivity index (χ3n) is 2.06. The molecular formula is C11H13Cl3. The van der Waals surface area contributed by atoms with Crippen molar-refractivity contribution >= 4 is 34.8 Å². The van der Waals surface area contributed by atoms with E-state index in [1.54, 1.807) is 0 Å². The fourth-order valence-corrected chi connectivity index (χ4v) is 1.51. The summed E-state index contributed by atoms with van der Waals surface area (Å²) in [6.07, 6.45) is 0. The van der Waals surface area contributed by atoms with E-state index in [2.05, 4.69) is 20.8 Å². The van der Waals surface area contributed by atoms with Gasteiger partial charge in [-0.05, 0) is 11.0 Å². The number of hydrogen-bond donors (Lipinski definition) is 0. The summed E-state index contributed by atoms with van der Waals surface area (Å²) in [5, 5.41) is 0. The molecule has 0 aromatic heterocycles. The molecule has 0 saturated carbocycles. The first kappa shape index (κ1) is 12.2. The zero-order valence-corrected chi connectivity index (χ0v) is 10.7. The molecule has 0 saturated heterocycles. The maximum absolute atomic E-state index is 5.81. The molecule has 0 heterocycles. The highest BCUT2D eigenvalue weighted by molar-refractivity contribution is 6.66. The number of benzene rings is 1. The molecule has 1 aromatic carbocycles. The lowest BCUT2D eigenvalue weighted by molar-refractivity contribution is 0.589. The zero-order chi connectivity index (χ0) is 11.0. The predicted molar refractivity (Wildman–Crippen MR) is 64.4 cm³/mol. The summed E-state index contributed by atoms with van der Waals surface area (Å²) < 4.78 is -1.33. The van der Waals surface area contributed by atoms with Crippen LogP contribution in [-0.2, 0) is 9.21 Å². The Hall–Kier alpha value is 0.0900. The minimum atomic E-state index is -1.33. The standard InChI is InChI=1S/C11H13Cl3/c1-10(2,3)8-5-4-6-9(7-8)11(12,13)14/h4-7H,1-3H3. The SMILES string of the molecule is CC(C)(C)c1cccc(C(Cl)(Cl)Cl)c1. The third-order valence-corrected chi connectivity index (χ3v) is 2.71. The van der Waals surface area contributed by atoms with Crippen molar-refractivity contribution < 1.29 is 0 Å². The smallest absolute Gasteiger partial charge is 0.0784 e. The highest BCUT2D eigenvalue weighted by atomic mass is 35.6. The minimum Gasteiger partial charge on any atom is -0.0784 e. The molecule has 0 amide bonds. The minimum absolute atomic E-state index is 0.0753. The second kappa shape index (κ2) is 3.92. The van der Waals surface area contributed by atoms with Crippen molar-refractivity contribution in [1.82, 2.24) is 0 Å². The average molecular weight is 252 g/mol. The Morgan fingerprint density at radius 1 is 0.929 bits per heavy atom. The first-order valence-electron chi connectivity index (χ1n) is 4.39. The number of rotatable bonds is 0. The Morgan fingerprint density at radius 2 is 1.43 bits per heavy atom. The van der Waals surface area contributed by atoms with E-state index >= 15 is 0 Å². The van der Waals surface area contributed by atoms with Crippen molar-refractivity contribution in [3.63, 3.8) is 0 Å². The molecule has 14 heavy (non-hydrogen) atoms. The van der Waals surface area contributed by atoms with Gasteiger partial charge >= 0.3 is 0 Å². The molecule has 0 fully saturated rings. The molecule has 1 aromatic rings. The topological polar surface area (TPSA) is 0 Å². The van der Waals surface area contributed by atoms with Crippen LogP contribution in [0.2, 0.25) is 0 Å². The summed E-state index contributed by atoms with van der Waals surface area (Å²) >= 11 is 17.4. The van der Waals surface area contributed by atoms with Crippen LogP contribution in [-0.4, -0.2) is 0 Å². The second-order valence-corrected chi connectivity index (χ2v) is 6.61. The molecule has 0 aliphatic carbocycles. The monoisotopic (exact) mass is 250 g/mol. The van der Waals surface area contributed by atoms with Crippen molar-refractivity contribution in [2.45, 2.75) is 30.0 Å². The van der Waals surface area contributed by atoms with Gasteiger partial charge in [0.05, 0.1) is 0 Å². The quantitative estimate of drug-likeness (QED) is 0.581. The molecule has 78 valence electrons. The maximum Gasteiger partial charge on any atom is 0.216 e. The normalized spacial score (nSPS) is 13.0. The van der Waals surface area contributed by atoms with Crippen LogP contribution in [0.3, 0.4) is 0 Å². The summed E-state index contributed by atoms with van der Waals surface area (Å²) in [6.45, 7) is 6.39. The van der Waals surface area contributed by atoms with Crippen LogP contribution in [0.15, 0.2) is 24.3 Å². The summed E-state index contributed by atoms with van der Waals surface area (Å²) in [7, 11) is 0. The lowest BCUT2D eigenvalue weighted by Crippen LogP contribution is -2.12. The van der Waals surface area contributed by atoms with E-state index in [1.165, 1.54) is 5.56 Å². The van der Waals surface area contributed by atoms with Crippen LogP contribution >= 0.6 is 34.8 Å². The van der Waals surface area contributed by atoms with Gasteiger partial charge in [-0.15, -0.1) is 0 Å². The number of halogens is 3. The Labute approximate surface area is 100 Å². The van der Waals surface area contributed by atoms with Gasteiger partial charge in [0.25, 0.3) is 0 Å². The molecule has 0 spiro atoms. The first-order valence-corrected chi connectivity index (χ1v) is 5.52. The molecular weight excluding hydrogens is 238 g/mol. The van der Waals surface area contributed by atoms with Gasteiger partial charge in [0.2, 0.25) is 3.79 Å². The van der Waals surface area contributed by atoms with Crippen molar-refractivity contribution in [2.75, 3.05) is 0 Å². The van der Waals surface area contributed by atoms with E-state index in [1.807, 2.05) is 24.3 Å². The Bertz CT molecular complexity index is 289. The van der Waals surface area contributed by atoms with Gasteiger partial charge < -0.3 is 0 Å². The molecule has 1 rings (SSSR count). The molecule has 0 unspecified atom stereocenters. The van der Waals surface area contributed by atoms with Crippen LogP contribution in [0.25, 0.3) is 0 Å². The van der Waals surface area contributed by atoms with E-state index in [9.17, 15) is 0 Å². The van der Waals surface area contributed by atoms with Gasteiger partial charge in [-0.1, -0.05) is 79.8 Å². The molecule has 0 aliphatic rings. The van der Waals surface area contributed by atoms with Gasteiger partial charge in [0.1, 0.15) is 0 Å². The first-order chi connectivity index (χ1) is 6.21. The van der Waals surface area contributed by atoms with E-state index in [0.29, 0.717) is 0 Å². The van der Waals surface area contributed by atoms with Gasteiger partial charge in [-0.3, -0.25) is 0 Å². The maximum atomic E-state index is 5.81. The van der Waals surface area contributed by atoms with Crippen molar-refractivity contribution in [2.24, 2.45) is 0 Å². The average Bonchev–Trinajstić information content (AvgIpc) is 2.01. The van der Waals surface area contributed by atoms with Crippen LogP contribution in [0.4, 0.5) is 0 Å². The van der Waals surface area contributed by atoms with Crippen LogP contribution in [0, 0.1) is 0 Å². The lowest BCUT2D eigenvalue weighted by Gasteiger charge is -2.21. The van der Waals surface area contributed by atoms with Crippen molar-refractivity contribution in [3.05, 3.63) is 35.4 Å². The van der Waals surface area contributed by atoms with Gasteiger partial charge in [0, 0.05) is 5.56 Å². The summed E-state index contributed by atoms with van der Waals surface area (Å²) in [5.74, 6) is 0. The molecule has 0 atom stereocenters. The third kappa shape index (κ3) is 3.05. The Morgan fingerprint density at radius 3 is 1.86 bits per heavy atom. The molecule has 0 N–H and O–H groups in total. The van der Waals surface area contributed by atoms with E-state index in [0.717, 1.165) is 5.56 Å². The Kier molecular flexibility index (Phi) is 3.41. The lowest BCUT2D eigenvalue weighted by atomic mass is 9.86. The fourth-order valence-electron chi connectivity index (χ4n) is 1.16. The van der Waals surface area contributed by atoms with Crippen molar-refractivity contribution in [1.29, 1.82) is 0 Å². The molecule has 0 nitrogen and oxygen atoms in total. The molecule has 0 bridgehead atoms. The number of alkyl halides is 3. The fraction of sp³-hybridized carbons (Fsp3) is 0.455. The summed E-state index contributed by atoms with van der Waals surface area (Å²) in [5.41, 5.74) is 1.96. The van der Waals surface area contributed by atoms with Crippen LogP contribution in [0.5, 0.6) is 0 Å². The predicted octanol–water partition coefficient (Wildman–Crippen LogP) is 4.81. The van der Waals surface area contributed by atoms with E-state index in [-0.39, 0.29) is 5.41 Å². The van der Waals surface area contributed by atoms with Gasteiger partial charge in [-0.2, -0.15) is 0 Å². The molecule has 3 heteroatoms. The Balaban J connectivity index is 3.15. The van der Waals surface area contributed by atoms with Crippen LogP contribution < -0.4 is 0 Å². The number of hydrogen-bond acceptors (Lipinski definition) is 0. The van der Waals surface area contributed by atoms with Gasteiger partial charge in [0.15, 0.2) is 0 Å². The van der Waals surface area contributed by atoms with Gasteiger partial charge in [-0.25, -0.2) is 0 Å². The second-order valence-electron chi connectivity index (χ2n) is 4.33. The van der Waals surface area contributed by atoms with Crippen LogP contribution in [0.1, 0.15) is 31.9 Å². The highest BCUT2D eigenvalue weighted by Gasteiger charge is 2.24. The molecule has 0 radical (unpaired) electrons. The van der Waals surface area contributed by atoms with Crippen molar-refractivity contribution in [3.8, 4) is 0 Å². The molecule has 0 aliphatic heterocycles. The largest absolute Gasteiger partial charge is 0.216 e. The zero-order valence-electron chi connectivity index (χ0n) is 8.44. The summed E-state index contributed by atoms with van der Waals surface area (Å²) in [4.78, 5) is 0. The summed E-state index contributed by atoms with van der Waals surface area (Å²) in [6, 6.07) is 7.72. The van der Waals surface area contributed by atoms with E-state index in [4.69, 9.17) is 34.8 Å². The highest BCUT2D eigenvalue weighted by Crippen LogP contribution is 2.39. The van der Waals surface area contributed by atoms with E-state index < -0.39 is 3.79 Å².